The summed E-state index contributed by atoms with van der Waals surface area (Å²) >= 11 is 0. The van der Waals surface area contributed by atoms with Gasteiger partial charge in [-0.25, -0.2) is 0 Å². The molecule has 0 heterocycles. The first-order valence-corrected chi connectivity index (χ1v) is 7.47. The molecule has 3 nitrogen and oxygen atoms in total. The molecule has 1 fully saturated rings. The van der Waals surface area contributed by atoms with Gasteiger partial charge in [-0.1, -0.05) is 48.5 Å². The maximum Gasteiger partial charge on any atom is 0.189 e. The van der Waals surface area contributed by atoms with E-state index in [1.165, 1.54) is 18.4 Å². The summed E-state index contributed by atoms with van der Waals surface area (Å²) in [6.07, 6.45) is 2.59. The average molecular weight is 283 g/mol. The molecule has 2 aromatic carbocycles. The van der Waals surface area contributed by atoms with E-state index in [2.05, 4.69) is 11.4 Å². The van der Waals surface area contributed by atoms with Crippen LogP contribution in [0.4, 0.5) is 0 Å². The Hall–Kier alpha value is -1.84. The molecule has 1 aliphatic rings. The van der Waals surface area contributed by atoms with E-state index in [-0.39, 0.29) is 6.79 Å². The number of benzene rings is 2. The molecule has 0 aromatic heterocycles. The molecule has 3 rings (SSSR count). The van der Waals surface area contributed by atoms with E-state index in [1.807, 2.05) is 48.5 Å². The first-order valence-electron chi connectivity index (χ1n) is 7.47. The van der Waals surface area contributed by atoms with E-state index in [0.717, 1.165) is 17.9 Å². The van der Waals surface area contributed by atoms with Crippen LogP contribution in [0.25, 0.3) is 0 Å². The van der Waals surface area contributed by atoms with Crippen LogP contribution in [0.1, 0.15) is 24.0 Å². The Bertz CT molecular complexity index is 552. The predicted molar refractivity (Wildman–Crippen MR) is 83.0 cm³/mol. The van der Waals surface area contributed by atoms with Crippen LogP contribution in [0, 0.1) is 0 Å². The monoisotopic (exact) mass is 283 g/mol. The summed E-state index contributed by atoms with van der Waals surface area (Å²) in [7, 11) is 0. The standard InChI is InChI=1S/C18H21NO2/c1-2-6-15(7-3-1)13-20-14-21-18-9-5-4-8-16(18)12-19-17-10-11-17/h1-9,17,19H,10-14H2. The molecular formula is C18H21NO2. The summed E-state index contributed by atoms with van der Waals surface area (Å²) in [6, 6.07) is 19.0. The van der Waals surface area contributed by atoms with Gasteiger partial charge >= 0.3 is 0 Å². The Morgan fingerprint density at radius 1 is 0.952 bits per heavy atom. The van der Waals surface area contributed by atoms with E-state index in [4.69, 9.17) is 9.47 Å². The molecule has 0 saturated heterocycles. The van der Waals surface area contributed by atoms with Crippen LogP contribution in [0.5, 0.6) is 5.75 Å². The molecule has 1 N–H and O–H groups in total. The number of hydrogen-bond acceptors (Lipinski definition) is 3. The fourth-order valence-corrected chi connectivity index (χ4v) is 2.17. The summed E-state index contributed by atoms with van der Waals surface area (Å²) in [5.41, 5.74) is 2.34. The highest BCUT2D eigenvalue weighted by Crippen LogP contribution is 2.22. The highest BCUT2D eigenvalue weighted by molar-refractivity contribution is 5.33. The second-order valence-electron chi connectivity index (χ2n) is 5.36. The highest BCUT2D eigenvalue weighted by atomic mass is 16.7. The van der Waals surface area contributed by atoms with Crippen molar-refractivity contribution < 1.29 is 9.47 Å². The molecule has 1 saturated carbocycles. The zero-order valence-electron chi connectivity index (χ0n) is 12.1. The molecule has 0 amide bonds. The van der Waals surface area contributed by atoms with Crippen molar-refractivity contribution in [2.24, 2.45) is 0 Å². The smallest absolute Gasteiger partial charge is 0.189 e. The fraction of sp³-hybridized carbons (Fsp3) is 0.333. The van der Waals surface area contributed by atoms with Crippen molar-refractivity contribution in [1.29, 1.82) is 0 Å². The van der Waals surface area contributed by atoms with Crippen LogP contribution in [0.15, 0.2) is 54.6 Å². The Morgan fingerprint density at radius 2 is 1.71 bits per heavy atom. The molecule has 0 spiro atoms. The van der Waals surface area contributed by atoms with Crippen molar-refractivity contribution in [1.82, 2.24) is 5.32 Å². The third-order valence-corrected chi connectivity index (χ3v) is 3.54. The first kappa shape index (κ1) is 14.1. The maximum atomic E-state index is 5.75. The van der Waals surface area contributed by atoms with Crippen LogP contribution in [-0.4, -0.2) is 12.8 Å². The highest BCUT2D eigenvalue weighted by Gasteiger charge is 2.20. The molecule has 2 aromatic rings. The van der Waals surface area contributed by atoms with Crippen LogP contribution in [0.2, 0.25) is 0 Å². The minimum absolute atomic E-state index is 0.273. The first-order chi connectivity index (χ1) is 10.4. The van der Waals surface area contributed by atoms with E-state index in [0.29, 0.717) is 12.6 Å². The lowest BCUT2D eigenvalue weighted by Crippen LogP contribution is -2.16. The van der Waals surface area contributed by atoms with E-state index in [1.54, 1.807) is 0 Å². The molecule has 21 heavy (non-hydrogen) atoms. The topological polar surface area (TPSA) is 30.5 Å². The molecular weight excluding hydrogens is 262 g/mol. The molecule has 3 heteroatoms. The minimum Gasteiger partial charge on any atom is -0.467 e. The average Bonchev–Trinajstić information content (AvgIpc) is 3.36. The van der Waals surface area contributed by atoms with Gasteiger partial charge in [-0.2, -0.15) is 0 Å². The second-order valence-corrected chi connectivity index (χ2v) is 5.36. The molecule has 0 atom stereocenters. The van der Waals surface area contributed by atoms with Gasteiger partial charge in [0.15, 0.2) is 6.79 Å². The van der Waals surface area contributed by atoms with Crippen molar-refractivity contribution in [2.45, 2.75) is 32.0 Å². The quantitative estimate of drug-likeness (QED) is 0.594. The van der Waals surface area contributed by atoms with E-state index >= 15 is 0 Å². The van der Waals surface area contributed by atoms with E-state index < -0.39 is 0 Å². The molecule has 1 aliphatic carbocycles. The zero-order valence-corrected chi connectivity index (χ0v) is 12.1. The zero-order chi connectivity index (χ0) is 14.3. The molecule has 0 radical (unpaired) electrons. The molecule has 0 aliphatic heterocycles. The summed E-state index contributed by atoms with van der Waals surface area (Å²) in [4.78, 5) is 0. The third kappa shape index (κ3) is 4.59. The van der Waals surface area contributed by atoms with Crippen LogP contribution < -0.4 is 10.1 Å². The Kier molecular flexibility index (Phi) is 4.87. The fourth-order valence-electron chi connectivity index (χ4n) is 2.17. The Balaban J connectivity index is 1.45. The molecule has 0 unspecified atom stereocenters. The normalized spacial score (nSPS) is 14.1. The summed E-state index contributed by atoms with van der Waals surface area (Å²) in [6.45, 7) is 1.71. The van der Waals surface area contributed by atoms with Crippen molar-refractivity contribution in [3.8, 4) is 5.75 Å². The third-order valence-electron chi connectivity index (χ3n) is 3.54. The van der Waals surface area contributed by atoms with Gasteiger partial charge in [0.25, 0.3) is 0 Å². The molecule has 0 bridgehead atoms. The SMILES string of the molecule is c1ccc(COCOc2ccccc2CNC2CC2)cc1. The lowest BCUT2D eigenvalue weighted by atomic mass is 10.2. The van der Waals surface area contributed by atoms with Gasteiger partial charge in [0, 0.05) is 18.2 Å². The van der Waals surface area contributed by atoms with Crippen molar-refractivity contribution >= 4 is 0 Å². The predicted octanol–water partition coefficient (Wildman–Crippen LogP) is 3.49. The number of ether oxygens (including phenoxy) is 2. The summed E-state index contributed by atoms with van der Waals surface area (Å²) in [5, 5.41) is 3.51. The molecule has 110 valence electrons. The lowest BCUT2D eigenvalue weighted by Gasteiger charge is -2.12. The second kappa shape index (κ2) is 7.25. The van der Waals surface area contributed by atoms with Gasteiger partial charge in [0.05, 0.1) is 6.61 Å². The Morgan fingerprint density at radius 3 is 2.52 bits per heavy atom. The van der Waals surface area contributed by atoms with E-state index in [9.17, 15) is 0 Å². The minimum atomic E-state index is 0.273. The van der Waals surface area contributed by atoms with Crippen LogP contribution in [-0.2, 0) is 17.9 Å². The van der Waals surface area contributed by atoms with Crippen molar-refractivity contribution in [3.05, 3.63) is 65.7 Å². The van der Waals surface area contributed by atoms with Gasteiger partial charge in [0.2, 0.25) is 0 Å². The lowest BCUT2D eigenvalue weighted by molar-refractivity contribution is 0.00449. The van der Waals surface area contributed by atoms with Crippen LogP contribution >= 0.6 is 0 Å². The number of nitrogens with one attached hydrogen (secondary N) is 1. The van der Waals surface area contributed by atoms with Gasteiger partial charge in [0.1, 0.15) is 5.75 Å². The van der Waals surface area contributed by atoms with Gasteiger partial charge in [-0.3, -0.25) is 0 Å². The largest absolute Gasteiger partial charge is 0.467 e. The summed E-state index contributed by atoms with van der Waals surface area (Å²) in [5.74, 6) is 0.902. The Labute approximate surface area is 125 Å². The summed E-state index contributed by atoms with van der Waals surface area (Å²) < 4.78 is 11.3. The van der Waals surface area contributed by atoms with Crippen LogP contribution in [0.3, 0.4) is 0 Å². The maximum absolute atomic E-state index is 5.75. The van der Waals surface area contributed by atoms with Crippen molar-refractivity contribution in [2.75, 3.05) is 6.79 Å². The van der Waals surface area contributed by atoms with Crippen molar-refractivity contribution in [3.63, 3.8) is 0 Å². The number of rotatable bonds is 8. The number of para-hydroxylation sites is 1. The van der Waals surface area contributed by atoms with Gasteiger partial charge < -0.3 is 14.8 Å². The van der Waals surface area contributed by atoms with Gasteiger partial charge in [-0.15, -0.1) is 0 Å². The number of hydrogen-bond donors (Lipinski definition) is 1. The van der Waals surface area contributed by atoms with Gasteiger partial charge in [-0.05, 0) is 24.5 Å².